The van der Waals surface area contributed by atoms with E-state index >= 15 is 0 Å². The molecule has 2 amide bonds. The molecule has 0 unspecified atom stereocenters. The molecule has 2 N–H and O–H groups in total. The second-order valence-corrected chi connectivity index (χ2v) is 5.39. The van der Waals surface area contributed by atoms with Crippen molar-refractivity contribution in [3.8, 4) is 0 Å². The summed E-state index contributed by atoms with van der Waals surface area (Å²) < 4.78 is 5.03. The fourth-order valence-electron chi connectivity index (χ4n) is 2.25. The largest absolute Gasteiger partial charge is 0.459 e. The van der Waals surface area contributed by atoms with Crippen molar-refractivity contribution in [2.75, 3.05) is 46.3 Å². The molecule has 25 heavy (non-hydrogen) atoms. The second kappa shape index (κ2) is 11.1. The molecule has 8 heteroatoms. The van der Waals surface area contributed by atoms with Crippen molar-refractivity contribution >= 4 is 17.8 Å². The van der Waals surface area contributed by atoms with E-state index in [-0.39, 0.29) is 24.1 Å². The molecule has 0 bridgehead atoms. The molecule has 0 aliphatic rings. The minimum Gasteiger partial charge on any atom is -0.459 e. The van der Waals surface area contributed by atoms with Crippen LogP contribution in [0.2, 0.25) is 0 Å². The summed E-state index contributed by atoms with van der Waals surface area (Å²) in [5, 5.41) is 5.89. The summed E-state index contributed by atoms with van der Waals surface area (Å²) in [6.07, 6.45) is 1.46. The summed E-state index contributed by atoms with van der Waals surface area (Å²) in [6.45, 7) is 9.00. The Morgan fingerprint density at radius 2 is 1.92 bits per heavy atom. The number of carbonyl (C=O) groups is 2. The zero-order valence-electron chi connectivity index (χ0n) is 15.5. The first-order valence-electron chi connectivity index (χ1n) is 8.62. The van der Waals surface area contributed by atoms with Gasteiger partial charge in [-0.2, -0.15) is 0 Å². The van der Waals surface area contributed by atoms with Gasteiger partial charge in [-0.15, -0.1) is 0 Å². The predicted molar refractivity (Wildman–Crippen MR) is 97.6 cm³/mol. The van der Waals surface area contributed by atoms with Crippen molar-refractivity contribution in [1.29, 1.82) is 0 Å². The zero-order valence-corrected chi connectivity index (χ0v) is 15.5. The Kier molecular flexibility index (Phi) is 9.13. The summed E-state index contributed by atoms with van der Waals surface area (Å²) in [5.41, 5.74) is 0. The van der Waals surface area contributed by atoms with E-state index in [0.29, 0.717) is 38.7 Å². The Hall–Kier alpha value is -2.51. The highest BCUT2D eigenvalue weighted by atomic mass is 16.3. The summed E-state index contributed by atoms with van der Waals surface area (Å²) in [6, 6.07) is 3.27. The first-order chi connectivity index (χ1) is 12.0. The van der Waals surface area contributed by atoms with Crippen molar-refractivity contribution < 1.29 is 14.0 Å². The number of rotatable bonds is 9. The lowest BCUT2D eigenvalue weighted by Gasteiger charge is -2.25. The molecule has 1 heterocycles. The number of nitrogens with one attached hydrogen (secondary N) is 2. The maximum absolute atomic E-state index is 12.2. The Morgan fingerprint density at radius 1 is 1.20 bits per heavy atom. The van der Waals surface area contributed by atoms with Gasteiger partial charge in [0.1, 0.15) is 0 Å². The monoisotopic (exact) mass is 351 g/mol. The third-order valence-corrected chi connectivity index (χ3v) is 3.59. The second-order valence-electron chi connectivity index (χ2n) is 5.39. The van der Waals surface area contributed by atoms with Crippen LogP contribution in [0.1, 0.15) is 31.3 Å². The van der Waals surface area contributed by atoms with Crippen LogP contribution in [-0.2, 0) is 4.79 Å². The van der Waals surface area contributed by atoms with Crippen LogP contribution in [0.4, 0.5) is 0 Å². The molecule has 0 saturated carbocycles. The molecule has 0 aromatic carbocycles. The van der Waals surface area contributed by atoms with Crippen molar-refractivity contribution in [2.24, 2.45) is 4.99 Å². The summed E-state index contributed by atoms with van der Waals surface area (Å²) in [7, 11) is 1.82. The molecule has 8 nitrogen and oxygen atoms in total. The first-order valence-corrected chi connectivity index (χ1v) is 8.62. The number of hydrogen-bond donors (Lipinski definition) is 2. The number of nitrogens with zero attached hydrogens (tertiary/aromatic N) is 3. The van der Waals surface area contributed by atoms with Gasteiger partial charge in [0, 0.05) is 33.2 Å². The molecule has 0 atom stereocenters. The Morgan fingerprint density at radius 3 is 2.48 bits per heavy atom. The summed E-state index contributed by atoms with van der Waals surface area (Å²) >= 11 is 0. The van der Waals surface area contributed by atoms with Crippen LogP contribution in [0.15, 0.2) is 27.8 Å². The third kappa shape index (κ3) is 6.86. The molecule has 1 rings (SSSR count). The average Bonchev–Trinajstić information content (AvgIpc) is 3.13. The highest BCUT2D eigenvalue weighted by Gasteiger charge is 2.15. The van der Waals surface area contributed by atoms with Gasteiger partial charge in [0.25, 0.3) is 5.91 Å². The maximum Gasteiger partial charge on any atom is 0.287 e. The molecule has 0 fully saturated rings. The van der Waals surface area contributed by atoms with Gasteiger partial charge >= 0.3 is 0 Å². The third-order valence-electron chi connectivity index (χ3n) is 3.59. The smallest absolute Gasteiger partial charge is 0.287 e. The molecule has 0 saturated heterocycles. The van der Waals surface area contributed by atoms with Crippen molar-refractivity contribution in [2.45, 2.75) is 20.8 Å². The van der Waals surface area contributed by atoms with E-state index in [1.165, 1.54) is 6.26 Å². The van der Waals surface area contributed by atoms with Crippen LogP contribution >= 0.6 is 0 Å². The molecule has 140 valence electrons. The van der Waals surface area contributed by atoms with Gasteiger partial charge < -0.3 is 24.9 Å². The van der Waals surface area contributed by atoms with Crippen LogP contribution in [0, 0.1) is 0 Å². The van der Waals surface area contributed by atoms with Crippen LogP contribution < -0.4 is 10.6 Å². The van der Waals surface area contributed by atoms with Gasteiger partial charge in [0.15, 0.2) is 11.7 Å². The number of carbonyl (C=O) groups excluding carboxylic acids is 2. The van der Waals surface area contributed by atoms with E-state index in [1.54, 1.807) is 21.9 Å². The SMILES string of the molecule is CCNC(=NCCNC(=O)c1ccco1)N(C)CC(=O)N(CC)CC. The number of furan rings is 1. The molecule has 0 aliphatic heterocycles. The Labute approximate surface area is 149 Å². The van der Waals surface area contributed by atoms with Gasteiger partial charge in [0.05, 0.1) is 19.4 Å². The van der Waals surface area contributed by atoms with E-state index in [2.05, 4.69) is 15.6 Å². The summed E-state index contributed by atoms with van der Waals surface area (Å²) in [4.78, 5) is 32.0. The van der Waals surface area contributed by atoms with Crippen LogP contribution in [0.25, 0.3) is 0 Å². The van der Waals surface area contributed by atoms with E-state index < -0.39 is 0 Å². The molecule has 0 aliphatic carbocycles. The minimum absolute atomic E-state index is 0.0595. The lowest BCUT2D eigenvalue weighted by Crippen LogP contribution is -2.46. The van der Waals surface area contributed by atoms with Crippen molar-refractivity contribution in [1.82, 2.24) is 20.4 Å². The van der Waals surface area contributed by atoms with E-state index in [0.717, 1.165) is 0 Å². The quantitative estimate of drug-likeness (QED) is 0.390. The van der Waals surface area contributed by atoms with Crippen LogP contribution in [0.5, 0.6) is 0 Å². The molecule has 1 aromatic rings. The highest BCUT2D eigenvalue weighted by Crippen LogP contribution is 1.98. The highest BCUT2D eigenvalue weighted by molar-refractivity contribution is 5.91. The average molecular weight is 351 g/mol. The lowest BCUT2D eigenvalue weighted by molar-refractivity contribution is -0.131. The molecular weight excluding hydrogens is 322 g/mol. The van der Waals surface area contributed by atoms with Gasteiger partial charge in [-0.3, -0.25) is 14.6 Å². The van der Waals surface area contributed by atoms with E-state index in [9.17, 15) is 9.59 Å². The van der Waals surface area contributed by atoms with Gasteiger partial charge in [-0.1, -0.05) is 0 Å². The number of amides is 2. The number of hydrogen-bond acceptors (Lipinski definition) is 4. The predicted octanol–water partition coefficient (Wildman–Crippen LogP) is 0.775. The molecule has 1 aromatic heterocycles. The minimum atomic E-state index is -0.268. The van der Waals surface area contributed by atoms with Gasteiger partial charge in [0.2, 0.25) is 5.91 Å². The van der Waals surface area contributed by atoms with E-state index in [1.807, 2.05) is 27.8 Å². The van der Waals surface area contributed by atoms with Crippen molar-refractivity contribution in [3.63, 3.8) is 0 Å². The standard InChI is InChI=1S/C17H29N5O3/c1-5-18-17(21(4)13-15(23)22(6-2)7-3)20-11-10-19-16(24)14-9-8-12-25-14/h8-9,12H,5-7,10-11,13H2,1-4H3,(H,18,20)(H,19,24). The van der Waals surface area contributed by atoms with Gasteiger partial charge in [-0.05, 0) is 32.9 Å². The Balaban J connectivity index is 2.51. The number of aliphatic imine (C=N–C) groups is 1. The van der Waals surface area contributed by atoms with Crippen LogP contribution in [-0.4, -0.2) is 73.9 Å². The lowest BCUT2D eigenvalue weighted by atomic mass is 10.4. The van der Waals surface area contributed by atoms with E-state index in [4.69, 9.17) is 4.42 Å². The van der Waals surface area contributed by atoms with Crippen molar-refractivity contribution in [3.05, 3.63) is 24.2 Å². The molecular formula is C17H29N5O3. The first kappa shape index (κ1) is 20.5. The number of likely N-dealkylation sites (N-methyl/N-ethyl adjacent to an activating group) is 2. The summed E-state index contributed by atoms with van der Waals surface area (Å²) in [5.74, 6) is 0.701. The fraction of sp³-hybridized carbons (Fsp3) is 0.588. The number of guanidine groups is 1. The van der Waals surface area contributed by atoms with Gasteiger partial charge in [-0.25, -0.2) is 0 Å². The zero-order chi connectivity index (χ0) is 18.7. The normalized spacial score (nSPS) is 11.1. The maximum atomic E-state index is 12.2. The molecule has 0 radical (unpaired) electrons. The fourth-order valence-corrected chi connectivity index (χ4v) is 2.25. The molecule has 0 spiro atoms. The van der Waals surface area contributed by atoms with Crippen LogP contribution in [0.3, 0.4) is 0 Å². The topological polar surface area (TPSA) is 90.2 Å². The Bertz CT molecular complexity index is 553.